The van der Waals surface area contributed by atoms with Gasteiger partial charge in [0.1, 0.15) is 5.75 Å². The Bertz CT molecular complexity index is 608. The van der Waals surface area contributed by atoms with E-state index in [1.54, 1.807) is 19.2 Å². The molecule has 0 aliphatic carbocycles. The number of ether oxygens (including phenoxy) is 1. The first-order valence-corrected chi connectivity index (χ1v) is 6.12. The maximum absolute atomic E-state index is 11.0. The number of benzene rings is 2. The van der Waals surface area contributed by atoms with Crippen molar-refractivity contribution in [3.63, 3.8) is 0 Å². The second kappa shape index (κ2) is 5.76. The number of para-hydroxylation sites is 1. The van der Waals surface area contributed by atoms with Crippen LogP contribution in [0.3, 0.4) is 0 Å². The summed E-state index contributed by atoms with van der Waals surface area (Å²) in [5.74, 6) is -0.205. The van der Waals surface area contributed by atoms with Crippen LogP contribution in [0.5, 0.6) is 5.75 Å². The number of halogens is 1. The van der Waals surface area contributed by atoms with Gasteiger partial charge in [0, 0.05) is 11.4 Å². The van der Waals surface area contributed by atoms with Gasteiger partial charge in [-0.3, -0.25) is 0 Å². The van der Waals surface area contributed by atoms with Crippen molar-refractivity contribution < 1.29 is 14.6 Å². The topological polar surface area (TPSA) is 46.5 Å². The number of carbonyl (C=O) groups is 1. The van der Waals surface area contributed by atoms with Gasteiger partial charge in [-0.05, 0) is 35.4 Å². The zero-order valence-electron chi connectivity index (χ0n) is 10.4. The molecule has 1 N–H and O–H groups in total. The summed E-state index contributed by atoms with van der Waals surface area (Å²) in [5, 5.41) is 9.44. The summed E-state index contributed by atoms with van der Waals surface area (Å²) in [4.78, 5) is 11.0. The minimum Gasteiger partial charge on any atom is -0.496 e. The monoisotopic (exact) mass is 276 g/mol. The molecular formula is C15H13ClO3. The quantitative estimate of drug-likeness (QED) is 0.927. The van der Waals surface area contributed by atoms with Crippen LogP contribution in [0, 0.1) is 0 Å². The summed E-state index contributed by atoms with van der Waals surface area (Å²) in [6, 6.07) is 12.5. The van der Waals surface area contributed by atoms with Gasteiger partial charge in [-0.2, -0.15) is 0 Å². The van der Waals surface area contributed by atoms with Gasteiger partial charge in [0.05, 0.1) is 12.7 Å². The van der Waals surface area contributed by atoms with Crippen molar-refractivity contribution in [1.29, 1.82) is 0 Å². The molecule has 98 valence electrons. The maximum Gasteiger partial charge on any atom is 0.335 e. The lowest BCUT2D eigenvalue weighted by atomic mass is 10.0. The number of rotatable bonds is 4. The fraction of sp³-hybridized carbons (Fsp3) is 0.133. The Balaban J connectivity index is 2.35. The second-order valence-electron chi connectivity index (χ2n) is 4.14. The van der Waals surface area contributed by atoms with Crippen molar-refractivity contribution in [2.24, 2.45) is 0 Å². The molecule has 0 bridgehead atoms. The molecule has 3 nitrogen and oxygen atoms in total. The van der Waals surface area contributed by atoms with Crippen molar-refractivity contribution in [1.82, 2.24) is 0 Å². The van der Waals surface area contributed by atoms with E-state index in [4.69, 9.17) is 21.4 Å². The van der Waals surface area contributed by atoms with Crippen LogP contribution in [-0.2, 0) is 6.42 Å². The fourth-order valence-corrected chi connectivity index (χ4v) is 2.20. The van der Waals surface area contributed by atoms with E-state index in [0.29, 0.717) is 11.4 Å². The summed E-state index contributed by atoms with van der Waals surface area (Å²) < 4.78 is 5.28. The molecule has 0 aliphatic rings. The van der Waals surface area contributed by atoms with Gasteiger partial charge in [0.2, 0.25) is 0 Å². The Morgan fingerprint density at radius 3 is 2.68 bits per heavy atom. The molecule has 0 radical (unpaired) electrons. The predicted molar refractivity (Wildman–Crippen MR) is 74.2 cm³/mol. The van der Waals surface area contributed by atoms with E-state index in [2.05, 4.69) is 0 Å². The Morgan fingerprint density at radius 2 is 2.00 bits per heavy atom. The molecule has 2 rings (SSSR count). The van der Waals surface area contributed by atoms with E-state index in [0.717, 1.165) is 16.9 Å². The first kappa shape index (κ1) is 13.4. The van der Waals surface area contributed by atoms with Crippen molar-refractivity contribution in [3.8, 4) is 5.75 Å². The number of carboxylic acid groups (broad SMARTS) is 1. The molecule has 0 atom stereocenters. The SMILES string of the molecule is COc1ccccc1Cc1cc(Cl)cc(C(=O)O)c1. The highest BCUT2D eigenvalue weighted by molar-refractivity contribution is 6.31. The molecule has 0 unspecified atom stereocenters. The van der Waals surface area contributed by atoms with E-state index in [1.807, 2.05) is 24.3 Å². The molecule has 0 saturated heterocycles. The van der Waals surface area contributed by atoms with Crippen molar-refractivity contribution in [2.75, 3.05) is 7.11 Å². The van der Waals surface area contributed by atoms with Gasteiger partial charge >= 0.3 is 5.97 Å². The minimum absolute atomic E-state index is 0.192. The fourth-order valence-electron chi connectivity index (χ4n) is 1.94. The average molecular weight is 277 g/mol. The van der Waals surface area contributed by atoms with Gasteiger partial charge in [-0.1, -0.05) is 29.8 Å². The van der Waals surface area contributed by atoms with Gasteiger partial charge < -0.3 is 9.84 Å². The van der Waals surface area contributed by atoms with Crippen LogP contribution < -0.4 is 4.74 Å². The third kappa shape index (κ3) is 3.26. The molecule has 2 aromatic carbocycles. The first-order chi connectivity index (χ1) is 9.10. The third-order valence-electron chi connectivity index (χ3n) is 2.79. The number of hydrogen-bond acceptors (Lipinski definition) is 2. The molecule has 19 heavy (non-hydrogen) atoms. The molecule has 0 saturated carbocycles. The van der Waals surface area contributed by atoms with Crippen molar-refractivity contribution >= 4 is 17.6 Å². The summed E-state index contributed by atoms with van der Waals surface area (Å²) in [5.41, 5.74) is 2.02. The van der Waals surface area contributed by atoms with E-state index in [1.165, 1.54) is 6.07 Å². The van der Waals surface area contributed by atoms with E-state index < -0.39 is 5.97 Å². The molecule has 0 spiro atoms. The Hall–Kier alpha value is -2.00. The van der Waals surface area contributed by atoms with Gasteiger partial charge in [0.25, 0.3) is 0 Å². The molecule has 0 fully saturated rings. The summed E-state index contributed by atoms with van der Waals surface area (Å²) in [6.07, 6.45) is 0.574. The zero-order chi connectivity index (χ0) is 13.8. The lowest BCUT2D eigenvalue weighted by Crippen LogP contribution is -1.99. The maximum atomic E-state index is 11.0. The molecule has 2 aromatic rings. The lowest BCUT2D eigenvalue weighted by Gasteiger charge is -2.09. The van der Waals surface area contributed by atoms with Crippen LogP contribution in [0.25, 0.3) is 0 Å². The predicted octanol–water partition coefficient (Wildman–Crippen LogP) is 3.64. The number of aromatic carboxylic acids is 1. The van der Waals surface area contributed by atoms with Crippen LogP contribution in [0.4, 0.5) is 0 Å². The summed E-state index contributed by atoms with van der Waals surface area (Å²) in [6.45, 7) is 0. The Morgan fingerprint density at radius 1 is 1.26 bits per heavy atom. The standard InChI is InChI=1S/C15H13ClO3/c1-19-14-5-3-2-4-11(14)6-10-7-12(15(17)18)9-13(16)8-10/h2-5,7-9H,6H2,1H3,(H,17,18). The zero-order valence-corrected chi connectivity index (χ0v) is 11.1. The average Bonchev–Trinajstić information content (AvgIpc) is 2.38. The molecule has 0 heterocycles. The van der Waals surface area contributed by atoms with E-state index >= 15 is 0 Å². The largest absolute Gasteiger partial charge is 0.496 e. The number of carboxylic acids is 1. The lowest BCUT2D eigenvalue weighted by molar-refractivity contribution is 0.0697. The van der Waals surface area contributed by atoms with Crippen molar-refractivity contribution in [3.05, 3.63) is 64.2 Å². The van der Waals surface area contributed by atoms with Crippen LogP contribution in [-0.4, -0.2) is 18.2 Å². The number of methoxy groups -OCH3 is 1. The molecule has 0 amide bonds. The third-order valence-corrected chi connectivity index (χ3v) is 3.01. The Kier molecular flexibility index (Phi) is 4.07. The van der Waals surface area contributed by atoms with Crippen LogP contribution in [0.15, 0.2) is 42.5 Å². The Labute approximate surface area is 116 Å². The van der Waals surface area contributed by atoms with Gasteiger partial charge in [0.15, 0.2) is 0 Å². The molecule has 0 aliphatic heterocycles. The second-order valence-corrected chi connectivity index (χ2v) is 4.58. The first-order valence-electron chi connectivity index (χ1n) is 5.75. The van der Waals surface area contributed by atoms with Crippen LogP contribution in [0.1, 0.15) is 21.5 Å². The van der Waals surface area contributed by atoms with E-state index in [-0.39, 0.29) is 5.56 Å². The summed E-state index contributed by atoms with van der Waals surface area (Å²) in [7, 11) is 1.61. The molecular weight excluding hydrogens is 264 g/mol. The highest BCUT2D eigenvalue weighted by Crippen LogP contribution is 2.23. The smallest absolute Gasteiger partial charge is 0.335 e. The normalized spacial score (nSPS) is 10.2. The minimum atomic E-state index is -0.983. The van der Waals surface area contributed by atoms with E-state index in [9.17, 15) is 4.79 Å². The highest BCUT2D eigenvalue weighted by Gasteiger charge is 2.08. The van der Waals surface area contributed by atoms with Gasteiger partial charge in [-0.25, -0.2) is 4.79 Å². The van der Waals surface area contributed by atoms with Crippen LogP contribution >= 0.6 is 11.6 Å². The highest BCUT2D eigenvalue weighted by atomic mass is 35.5. The molecule has 4 heteroatoms. The molecule has 0 aromatic heterocycles. The number of hydrogen-bond donors (Lipinski definition) is 1. The van der Waals surface area contributed by atoms with Crippen LogP contribution in [0.2, 0.25) is 5.02 Å². The van der Waals surface area contributed by atoms with Gasteiger partial charge in [-0.15, -0.1) is 0 Å². The van der Waals surface area contributed by atoms with Crippen molar-refractivity contribution in [2.45, 2.75) is 6.42 Å². The summed E-state index contributed by atoms with van der Waals surface area (Å²) >= 11 is 5.94.